The lowest BCUT2D eigenvalue weighted by molar-refractivity contribution is 0.0277. The van der Waals surface area contributed by atoms with Crippen LogP contribution in [-0.2, 0) is 4.74 Å². The van der Waals surface area contributed by atoms with Gasteiger partial charge in [0.2, 0.25) is 0 Å². The van der Waals surface area contributed by atoms with Gasteiger partial charge in [0.15, 0.2) is 0 Å². The summed E-state index contributed by atoms with van der Waals surface area (Å²) in [5, 5.41) is 3.10. The molecule has 3 nitrogen and oxygen atoms in total. The Balaban J connectivity index is 2.03. The lowest BCUT2D eigenvalue weighted by Crippen LogP contribution is -2.57. The maximum atomic E-state index is 11.7. The molecule has 1 heterocycles. The molecule has 2 fully saturated rings. The lowest BCUT2D eigenvalue weighted by Gasteiger charge is -2.44. The first-order valence-electron chi connectivity index (χ1n) is 6.87. The van der Waals surface area contributed by atoms with E-state index in [2.05, 4.69) is 25.0 Å². The second-order valence-corrected chi connectivity index (χ2v) is 12.5. The number of hydrogen-bond donors (Lipinski definition) is 1. The van der Waals surface area contributed by atoms with E-state index in [9.17, 15) is 4.79 Å². The summed E-state index contributed by atoms with van der Waals surface area (Å²) in [6.45, 7) is 7.03. The zero-order valence-corrected chi connectivity index (χ0v) is 12.3. The Morgan fingerprint density at radius 3 is 2.53 bits per heavy atom. The fourth-order valence-corrected chi connectivity index (χ4v) is 4.87. The van der Waals surface area contributed by atoms with E-state index >= 15 is 0 Å². The number of nitrogens with one attached hydrogen (secondary N) is 1. The number of hydrogen-bond acceptors (Lipinski definition) is 2. The zero-order valence-electron chi connectivity index (χ0n) is 11.3. The van der Waals surface area contributed by atoms with Crippen molar-refractivity contribution in [2.75, 3.05) is 0 Å². The predicted octanol–water partition coefficient (Wildman–Crippen LogP) is 3.53. The van der Waals surface area contributed by atoms with E-state index < -0.39 is 8.07 Å². The minimum Gasteiger partial charge on any atom is -0.446 e. The molecule has 17 heavy (non-hydrogen) atoms. The van der Waals surface area contributed by atoms with Crippen LogP contribution in [0.3, 0.4) is 0 Å². The van der Waals surface area contributed by atoms with Crippen LogP contribution in [0.4, 0.5) is 4.79 Å². The van der Waals surface area contributed by atoms with E-state index in [1.165, 1.54) is 19.3 Å². The summed E-state index contributed by atoms with van der Waals surface area (Å²) in [6, 6.07) is 1.10. The van der Waals surface area contributed by atoms with E-state index in [0.29, 0.717) is 0 Å². The smallest absolute Gasteiger partial charge is 0.407 e. The molecule has 0 aromatic carbocycles. The lowest BCUT2D eigenvalue weighted by atomic mass is 9.77. The molecule has 2 aliphatic rings. The van der Waals surface area contributed by atoms with Crippen molar-refractivity contribution in [2.24, 2.45) is 0 Å². The molecular formula is C13H25NO2Si. The monoisotopic (exact) mass is 255 g/mol. The van der Waals surface area contributed by atoms with Gasteiger partial charge in [-0.3, -0.25) is 0 Å². The van der Waals surface area contributed by atoms with Crippen LogP contribution in [0.15, 0.2) is 0 Å². The molecule has 1 saturated carbocycles. The third-order valence-corrected chi connectivity index (χ3v) is 5.59. The largest absolute Gasteiger partial charge is 0.446 e. The molecule has 1 amide bonds. The molecule has 1 saturated heterocycles. The third-order valence-electron chi connectivity index (χ3n) is 3.91. The molecule has 1 aliphatic heterocycles. The van der Waals surface area contributed by atoms with Crippen LogP contribution in [0.5, 0.6) is 0 Å². The highest BCUT2D eigenvalue weighted by Gasteiger charge is 2.42. The summed E-state index contributed by atoms with van der Waals surface area (Å²) in [6.07, 6.45) is 7.12. The van der Waals surface area contributed by atoms with Crippen LogP contribution in [-0.4, -0.2) is 25.8 Å². The molecule has 1 aliphatic carbocycles. The van der Waals surface area contributed by atoms with Crippen molar-refractivity contribution in [3.05, 3.63) is 0 Å². The zero-order chi connectivity index (χ0) is 12.5. The summed E-state index contributed by atoms with van der Waals surface area (Å²) in [5.74, 6) is 0. The number of carbonyl (C=O) groups excluding carboxylic acids is 1. The molecule has 0 aromatic heterocycles. The summed E-state index contributed by atoms with van der Waals surface area (Å²) < 4.78 is 5.47. The van der Waals surface area contributed by atoms with Gasteiger partial charge in [-0.25, -0.2) is 4.79 Å². The Morgan fingerprint density at radius 1 is 1.29 bits per heavy atom. The van der Waals surface area contributed by atoms with E-state index in [0.717, 1.165) is 25.3 Å². The molecule has 4 heteroatoms. The Kier molecular flexibility index (Phi) is 3.52. The maximum Gasteiger partial charge on any atom is 0.407 e. The van der Waals surface area contributed by atoms with Gasteiger partial charge >= 0.3 is 6.09 Å². The maximum absolute atomic E-state index is 11.7. The Labute approximate surface area is 105 Å². The van der Waals surface area contributed by atoms with Gasteiger partial charge in [-0.2, -0.15) is 0 Å². The highest BCUT2D eigenvalue weighted by atomic mass is 28.3. The van der Waals surface area contributed by atoms with Crippen molar-refractivity contribution in [3.63, 3.8) is 0 Å². The number of rotatable bonds is 2. The van der Waals surface area contributed by atoms with Gasteiger partial charge in [0, 0.05) is 20.0 Å². The summed E-state index contributed by atoms with van der Waals surface area (Å²) in [4.78, 5) is 11.7. The van der Waals surface area contributed by atoms with E-state index in [-0.39, 0.29) is 17.7 Å². The van der Waals surface area contributed by atoms with Crippen LogP contribution in [0.25, 0.3) is 0 Å². The molecule has 0 aromatic rings. The second kappa shape index (κ2) is 4.63. The number of carbonyl (C=O) groups is 1. The fourth-order valence-electron chi connectivity index (χ4n) is 3.28. The molecule has 1 unspecified atom stereocenters. The average molecular weight is 255 g/mol. The molecular weight excluding hydrogens is 230 g/mol. The highest BCUT2D eigenvalue weighted by molar-refractivity contribution is 6.76. The van der Waals surface area contributed by atoms with Crippen LogP contribution < -0.4 is 5.32 Å². The quantitative estimate of drug-likeness (QED) is 0.767. The Hall–Kier alpha value is -0.513. The van der Waals surface area contributed by atoms with Crippen LogP contribution in [0, 0.1) is 0 Å². The van der Waals surface area contributed by atoms with Crippen LogP contribution >= 0.6 is 0 Å². The van der Waals surface area contributed by atoms with Crippen molar-refractivity contribution in [1.29, 1.82) is 0 Å². The van der Waals surface area contributed by atoms with Gasteiger partial charge in [0.05, 0.1) is 0 Å². The first kappa shape index (κ1) is 12.9. The van der Waals surface area contributed by atoms with Gasteiger partial charge in [-0.05, 0) is 18.9 Å². The molecule has 1 spiro atoms. The first-order valence-corrected chi connectivity index (χ1v) is 10.6. The normalized spacial score (nSPS) is 28.6. The topological polar surface area (TPSA) is 38.3 Å². The SMILES string of the molecule is C[Si](C)(C)CC1CC2(CCCCC2)NC(=O)O1. The summed E-state index contributed by atoms with van der Waals surface area (Å²) in [5.41, 5.74) is 0.0674. The highest BCUT2D eigenvalue weighted by Crippen LogP contribution is 2.36. The minimum absolute atomic E-state index is 0.0674. The van der Waals surface area contributed by atoms with Gasteiger partial charge < -0.3 is 10.1 Å². The van der Waals surface area contributed by atoms with E-state index in [1.54, 1.807) is 0 Å². The Morgan fingerprint density at radius 2 is 1.94 bits per heavy atom. The van der Waals surface area contributed by atoms with Crippen molar-refractivity contribution >= 4 is 14.2 Å². The third kappa shape index (κ3) is 3.47. The minimum atomic E-state index is -1.16. The average Bonchev–Trinajstić information content (AvgIpc) is 2.13. The molecule has 0 radical (unpaired) electrons. The van der Waals surface area contributed by atoms with Crippen LogP contribution in [0.1, 0.15) is 38.5 Å². The molecule has 2 rings (SSSR count). The Bertz CT molecular complexity index is 292. The van der Waals surface area contributed by atoms with Crippen molar-refractivity contribution < 1.29 is 9.53 Å². The molecule has 98 valence electrons. The van der Waals surface area contributed by atoms with Crippen LogP contribution in [0.2, 0.25) is 25.7 Å². The number of ether oxygens (including phenoxy) is 1. The summed E-state index contributed by atoms with van der Waals surface area (Å²) >= 11 is 0. The first-order chi connectivity index (χ1) is 7.89. The molecule has 1 atom stereocenters. The number of alkyl carbamates (subject to hydrolysis) is 1. The van der Waals surface area contributed by atoms with Gasteiger partial charge in [0.1, 0.15) is 6.10 Å². The number of amides is 1. The van der Waals surface area contributed by atoms with E-state index in [1.807, 2.05) is 0 Å². The van der Waals surface area contributed by atoms with Gasteiger partial charge in [-0.1, -0.05) is 38.9 Å². The van der Waals surface area contributed by atoms with Gasteiger partial charge in [-0.15, -0.1) is 0 Å². The predicted molar refractivity (Wildman–Crippen MR) is 72.0 cm³/mol. The fraction of sp³-hybridized carbons (Fsp3) is 0.923. The number of cyclic esters (lactones) is 1. The van der Waals surface area contributed by atoms with E-state index in [4.69, 9.17) is 4.74 Å². The standard InChI is InChI=1S/C13H25NO2Si/c1-17(2,3)10-11-9-13(14-12(15)16-11)7-5-4-6-8-13/h11H,4-10H2,1-3H3,(H,14,15). The van der Waals surface area contributed by atoms with Crippen molar-refractivity contribution in [3.8, 4) is 0 Å². The van der Waals surface area contributed by atoms with Gasteiger partial charge in [0.25, 0.3) is 0 Å². The molecule has 1 N–H and O–H groups in total. The molecule has 0 bridgehead atoms. The van der Waals surface area contributed by atoms with Crippen molar-refractivity contribution in [1.82, 2.24) is 5.32 Å². The van der Waals surface area contributed by atoms with Crippen molar-refractivity contribution in [2.45, 2.75) is 75.9 Å². The second-order valence-electron chi connectivity index (χ2n) is 6.96. The summed E-state index contributed by atoms with van der Waals surface area (Å²) in [7, 11) is -1.16.